The van der Waals surface area contributed by atoms with Crippen molar-refractivity contribution in [2.45, 2.75) is 12.1 Å². The van der Waals surface area contributed by atoms with E-state index in [9.17, 15) is 4.79 Å². The lowest BCUT2D eigenvalue weighted by Gasteiger charge is -2.09. The van der Waals surface area contributed by atoms with Gasteiger partial charge < -0.3 is 5.32 Å². The topological polar surface area (TPSA) is 72.7 Å². The highest BCUT2D eigenvalue weighted by atomic mass is 35.5. The van der Waals surface area contributed by atoms with Gasteiger partial charge in [0.15, 0.2) is 5.16 Å². The number of aryl methyl sites for hydroxylation is 1. The lowest BCUT2D eigenvalue weighted by molar-refractivity contribution is -0.113. The van der Waals surface area contributed by atoms with Crippen molar-refractivity contribution in [3.8, 4) is 5.69 Å². The normalized spacial score (nSPS) is 10.9. The van der Waals surface area contributed by atoms with Crippen molar-refractivity contribution in [1.29, 1.82) is 0 Å². The first-order chi connectivity index (χ1) is 13.6. The minimum atomic E-state index is -0.139. The summed E-state index contributed by atoms with van der Waals surface area (Å²) in [6, 6.07) is 15.3. The number of benzene rings is 2. The number of nitrogens with zero attached hydrogens (tertiary/aromatic N) is 4. The monoisotopic (exact) mass is 409 g/mol. The van der Waals surface area contributed by atoms with E-state index >= 15 is 0 Å². The molecule has 4 rings (SSSR count). The molecule has 28 heavy (non-hydrogen) atoms. The molecule has 1 amide bonds. The number of rotatable bonds is 5. The number of carbonyl (C=O) groups excluding carboxylic acids is 1. The van der Waals surface area contributed by atoms with Gasteiger partial charge in [0.25, 0.3) is 0 Å². The maximum absolute atomic E-state index is 12.5. The summed E-state index contributed by atoms with van der Waals surface area (Å²) < 4.78 is 1.81. The number of aromatic nitrogens is 4. The minimum absolute atomic E-state index is 0.139. The van der Waals surface area contributed by atoms with Crippen molar-refractivity contribution >= 4 is 45.9 Å². The Kier molecular flexibility index (Phi) is 5.27. The van der Waals surface area contributed by atoms with Gasteiger partial charge in [-0.05, 0) is 36.8 Å². The summed E-state index contributed by atoms with van der Waals surface area (Å²) >= 11 is 7.52. The van der Waals surface area contributed by atoms with Crippen molar-refractivity contribution < 1.29 is 4.79 Å². The van der Waals surface area contributed by atoms with Gasteiger partial charge in [-0.3, -0.25) is 14.3 Å². The van der Waals surface area contributed by atoms with Crippen LogP contribution in [0.1, 0.15) is 5.56 Å². The van der Waals surface area contributed by atoms with Crippen LogP contribution in [0.4, 0.5) is 5.69 Å². The van der Waals surface area contributed by atoms with E-state index in [1.54, 1.807) is 12.5 Å². The van der Waals surface area contributed by atoms with E-state index in [-0.39, 0.29) is 11.7 Å². The molecule has 0 aliphatic rings. The molecule has 0 spiro atoms. The van der Waals surface area contributed by atoms with Crippen LogP contribution < -0.4 is 5.32 Å². The first-order valence-electron chi connectivity index (χ1n) is 8.55. The lowest BCUT2D eigenvalue weighted by atomic mass is 10.2. The predicted molar refractivity (Wildman–Crippen MR) is 112 cm³/mol. The molecule has 0 atom stereocenters. The number of nitrogens with one attached hydrogen (secondary N) is 1. The van der Waals surface area contributed by atoms with Crippen LogP contribution in [0.15, 0.2) is 66.2 Å². The number of fused-ring (bicyclic) bond motifs is 1. The van der Waals surface area contributed by atoms with Crippen LogP contribution in [0.3, 0.4) is 0 Å². The molecule has 4 aromatic rings. The molecular weight excluding hydrogens is 394 g/mol. The van der Waals surface area contributed by atoms with Gasteiger partial charge in [-0.15, -0.1) is 10.2 Å². The maximum atomic E-state index is 12.5. The van der Waals surface area contributed by atoms with Gasteiger partial charge in [-0.25, -0.2) is 0 Å². The molecule has 2 aromatic carbocycles. The summed E-state index contributed by atoms with van der Waals surface area (Å²) in [6.07, 6.45) is 3.32. The van der Waals surface area contributed by atoms with Gasteiger partial charge in [-0.1, -0.05) is 47.6 Å². The molecule has 140 valence electrons. The van der Waals surface area contributed by atoms with E-state index in [0.29, 0.717) is 15.9 Å². The molecule has 8 heteroatoms. The second kappa shape index (κ2) is 8.00. The van der Waals surface area contributed by atoms with Gasteiger partial charge in [-0.2, -0.15) is 0 Å². The zero-order valence-electron chi connectivity index (χ0n) is 15.0. The Morgan fingerprint density at radius 3 is 2.93 bits per heavy atom. The van der Waals surface area contributed by atoms with E-state index in [4.69, 9.17) is 11.6 Å². The van der Waals surface area contributed by atoms with Crippen molar-refractivity contribution in [1.82, 2.24) is 19.7 Å². The highest BCUT2D eigenvalue weighted by Gasteiger charge is 2.12. The maximum Gasteiger partial charge on any atom is 0.234 e. The predicted octanol–water partition coefficient (Wildman–Crippen LogP) is 4.51. The molecule has 0 aliphatic carbocycles. The number of halogens is 1. The fourth-order valence-corrected chi connectivity index (χ4v) is 3.66. The Hall–Kier alpha value is -2.90. The van der Waals surface area contributed by atoms with E-state index < -0.39 is 0 Å². The zero-order chi connectivity index (χ0) is 19.5. The number of pyridine rings is 1. The summed E-state index contributed by atoms with van der Waals surface area (Å²) in [5, 5.41) is 13.3. The SMILES string of the molecule is Cc1ccc(-n2cnnc2SCC(=O)Nc2cccc3cccnc23)cc1Cl. The van der Waals surface area contributed by atoms with Crippen LogP contribution >= 0.6 is 23.4 Å². The van der Waals surface area contributed by atoms with Crippen LogP contribution in [0.2, 0.25) is 5.02 Å². The molecule has 2 aromatic heterocycles. The highest BCUT2D eigenvalue weighted by molar-refractivity contribution is 7.99. The third kappa shape index (κ3) is 3.85. The van der Waals surface area contributed by atoms with Gasteiger partial charge >= 0.3 is 0 Å². The summed E-state index contributed by atoms with van der Waals surface area (Å²) in [4.78, 5) is 16.8. The van der Waals surface area contributed by atoms with E-state index in [2.05, 4.69) is 20.5 Å². The summed E-state index contributed by atoms with van der Waals surface area (Å²) in [5.74, 6) is 0.0567. The average Bonchev–Trinajstić information content (AvgIpc) is 3.17. The number of hydrogen-bond donors (Lipinski definition) is 1. The second-order valence-corrected chi connectivity index (χ2v) is 7.48. The molecule has 0 saturated carbocycles. The molecule has 0 unspecified atom stereocenters. The number of carbonyl (C=O) groups is 1. The molecule has 0 radical (unpaired) electrons. The zero-order valence-corrected chi connectivity index (χ0v) is 16.5. The highest BCUT2D eigenvalue weighted by Crippen LogP contribution is 2.25. The van der Waals surface area contributed by atoms with Gasteiger partial charge in [0.2, 0.25) is 5.91 Å². The summed E-state index contributed by atoms with van der Waals surface area (Å²) in [6.45, 7) is 1.94. The average molecular weight is 410 g/mol. The largest absolute Gasteiger partial charge is 0.323 e. The summed E-state index contributed by atoms with van der Waals surface area (Å²) in [7, 11) is 0. The quantitative estimate of drug-likeness (QED) is 0.491. The second-order valence-electron chi connectivity index (χ2n) is 6.13. The Morgan fingerprint density at radius 2 is 2.07 bits per heavy atom. The van der Waals surface area contributed by atoms with Crippen molar-refractivity contribution in [2.24, 2.45) is 0 Å². The Balaban J connectivity index is 1.47. The van der Waals surface area contributed by atoms with Crippen molar-refractivity contribution in [3.63, 3.8) is 0 Å². The van der Waals surface area contributed by atoms with Crippen molar-refractivity contribution in [3.05, 3.63) is 71.6 Å². The van der Waals surface area contributed by atoms with Crippen LogP contribution in [-0.4, -0.2) is 31.4 Å². The molecule has 2 heterocycles. The number of thioether (sulfide) groups is 1. The molecule has 0 bridgehead atoms. The third-order valence-electron chi connectivity index (χ3n) is 4.19. The molecular formula is C20H16ClN5OS. The van der Waals surface area contributed by atoms with Crippen LogP contribution in [0, 0.1) is 6.92 Å². The van der Waals surface area contributed by atoms with Crippen molar-refractivity contribution in [2.75, 3.05) is 11.1 Å². The smallest absolute Gasteiger partial charge is 0.234 e. The number of anilines is 1. The molecule has 6 nitrogen and oxygen atoms in total. The summed E-state index contributed by atoms with van der Waals surface area (Å²) in [5.41, 5.74) is 3.30. The molecule has 0 saturated heterocycles. The first-order valence-corrected chi connectivity index (χ1v) is 9.91. The molecule has 0 fully saturated rings. The van der Waals surface area contributed by atoms with E-state index in [1.165, 1.54) is 11.8 Å². The Morgan fingerprint density at radius 1 is 1.21 bits per heavy atom. The van der Waals surface area contributed by atoms with Gasteiger partial charge in [0, 0.05) is 16.6 Å². The fraction of sp³-hybridized carbons (Fsp3) is 0.100. The van der Waals surface area contributed by atoms with Gasteiger partial charge in [0.1, 0.15) is 6.33 Å². The van der Waals surface area contributed by atoms with Crippen LogP contribution in [-0.2, 0) is 4.79 Å². The fourth-order valence-electron chi connectivity index (χ4n) is 2.75. The number of hydrogen-bond acceptors (Lipinski definition) is 5. The van der Waals surface area contributed by atoms with E-state index in [0.717, 1.165) is 22.2 Å². The van der Waals surface area contributed by atoms with Crippen LogP contribution in [0.5, 0.6) is 0 Å². The number of amides is 1. The minimum Gasteiger partial charge on any atom is -0.323 e. The third-order valence-corrected chi connectivity index (χ3v) is 5.54. The van der Waals surface area contributed by atoms with Gasteiger partial charge in [0.05, 0.1) is 22.6 Å². The standard InChI is InChI=1S/C20H16ClN5OS/c1-13-7-8-15(10-16(13)21)26-12-23-25-20(26)28-11-18(27)24-17-6-2-4-14-5-3-9-22-19(14)17/h2-10,12H,11H2,1H3,(H,24,27). The Bertz CT molecular complexity index is 1160. The van der Waals surface area contributed by atoms with Crippen LogP contribution in [0.25, 0.3) is 16.6 Å². The molecule has 0 aliphatic heterocycles. The Labute approximate surface area is 171 Å². The molecule has 1 N–H and O–H groups in total. The lowest BCUT2D eigenvalue weighted by Crippen LogP contribution is -2.15. The first kappa shape index (κ1) is 18.5. The number of para-hydroxylation sites is 1. The van der Waals surface area contributed by atoms with E-state index in [1.807, 2.05) is 60.0 Å².